The minimum Gasteiger partial charge on any atom is -0.480 e. The topological polar surface area (TPSA) is 511 Å². The van der Waals surface area contributed by atoms with Crippen LogP contribution in [0, 0.1) is 0 Å². The van der Waals surface area contributed by atoms with E-state index in [-0.39, 0.29) is 95.8 Å². The second kappa shape index (κ2) is 32.6. The highest BCUT2D eigenvalue weighted by molar-refractivity contribution is 5.97. The number of carboxylic acid groups (broad SMARTS) is 1. The number of unbranched alkanes of at least 4 members (excludes halogenated alkanes) is 2. The molecule has 1 aliphatic rings. The highest BCUT2D eigenvalue weighted by Gasteiger charge is 2.39. The lowest BCUT2D eigenvalue weighted by atomic mass is 10.0. The summed E-state index contributed by atoms with van der Waals surface area (Å²) in [5, 5.41) is 25.0. The molecule has 29 nitrogen and oxygen atoms in total. The Kier molecular flexibility index (Phi) is 27.6. The van der Waals surface area contributed by atoms with Crippen LogP contribution in [0.3, 0.4) is 0 Å². The molecular weight excluding hydrogens is 931 g/mol. The number of guanidine groups is 2. The normalized spacial score (nSPS) is 15.6. The molecule has 1 aliphatic heterocycles. The molecule has 0 saturated carbocycles. The first kappa shape index (κ1) is 60.0. The molecule has 7 unspecified atom stereocenters. The summed E-state index contributed by atoms with van der Waals surface area (Å²) in [4.78, 5) is 135. The highest BCUT2D eigenvalue weighted by atomic mass is 16.4. The van der Waals surface area contributed by atoms with Crippen LogP contribution in [0.5, 0.6) is 0 Å². The maximum Gasteiger partial charge on any atom is 0.326 e. The number of H-pyrrole nitrogens is 1. The fourth-order valence-corrected chi connectivity index (χ4v) is 7.44. The number of aliphatic imine (C=N–C) groups is 2. The van der Waals surface area contributed by atoms with Crippen LogP contribution in [0.25, 0.3) is 0 Å². The molecule has 1 fully saturated rings. The number of rotatable bonds is 35. The van der Waals surface area contributed by atoms with Crippen molar-refractivity contribution in [1.29, 1.82) is 0 Å². The van der Waals surface area contributed by atoms with Crippen molar-refractivity contribution in [3.8, 4) is 0 Å². The predicted octanol–water partition coefficient (Wildman–Crippen LogP) is -6.47. The summed E-state index contributed by atoms with van der Waals surface area (Å²) in [6, 6.07) is -8.66. The molecule has 1 aromatic heterocycles. The number of aromatic nitrogens is 2. The highest BCUT2D eigenvalue weighted by Crippen LogP contribution is 2.20. The van der Waals surface area contributed by atoms with Gasteiger partial charge in [-0.25, -0.2) is 9.78 Å². The van der Waals surface area contributed by atoms with Gasteiger partial charge in [-0.3, -0.25) is 48.3 Å². The van der Waals surface area contributed by atoms with E-state index in [1.807, 2.05) is 0 Å². The van der Waals surface area contributed by atoms with Crippen LogP contribution in [-0.2, 0) is 49.6 Å². The Morgan fingerprint density at radius 2 is 1.21 bits per heavy atom. The zero-order valence-corrected chi connectivity index (χ0v) is 40.1. The maximum atomic E-state index is 14.4. The van der Waals surface area contributed by atoms with Crippen molar-refractivity contribution >= 4 is 65.1 Å². The molecule has 0 spiro atoms. The minimum absolute atomic E-state index is 0.00939. The van der Waals surface area contributed by atoms with E-state index in [4.69, 9.17) is 45.9 Å². The summed E-state index contributed by atoms with van der Waals surface area (Å²) in [5.41, 5.74) is 44.6. The molecule has 2 rings (SSSR count). The summed E-state index contributed by atoms with van der Waals surface area (Å²) in [5.74, 6) is -7.79. The first-order valence-corrected chi connectivity index (χ1v) is 23.6. The van der Waals surface area contributed by atoms with Gasteiger partial charge in [0.1, 0.15) is 36.3 Å². The van der Waals surface area contributed by atoms with Gasteiger partial charge in [-0.1, -0.05) is 6.42 Å². The molecule has 1 saturated heterocycles. The number of amides is 8. The number of nitrogens with two attached hydrogens (primary N) is 8. The van der Waals surface area contributed by atoms with Gasteiger partial charge in [0.05, 0.1) is 18.9 Å². The second-order valence-electron chi connectivity index (χ2n) is 17.0. The average Bonchev–Trinajstić information content (AvgIpc) is 4.03. The second-order valence-corrected chi connectivity index (χ2v) is 17.0. The van der Waals surface area contributed by atoms with Crippen LogP contribution >= 0.6 is 0 Å². The monoisotopic (exact) mass is 1010 g/mol. The Morgan fingerprint density at radius 1 is 0.690 bits per heavy atom. The summed E-state index contributed by atoms with van der Waals surface area (Å²) >= 11 is 0. The van der Waals surface area contributed by atoms with E-state index >= 15 is 0 Å². The Bertz CT molecular complexity index is 1960. The maximum absolute atomic E-state index is 14.4. The van der Waals surface area contributed by atoms with E-state index in [9.17, 15) is 48.3 Å². The van der Waals surface area contributed by atoms with Crippen molar-refractivity contribution in [1.82, 2.24) is 46.8 Å². The summed E-state index contributed by atoms with van der Waals surface area (Å²) in [6.45, 7) is 0.389. The van der Waals surface area contributed by atoms with Gasteiger partial charge in [-0.05, 0) is 90.1 Å². The number of nitrogens with one attached hydrogen (secondary N) is 7. The smallest absolute Gasteiger partial charge is 0.326 e. The molecule has 0 aliphatic carbocycles. The van der Waals surface area contributed by atoms with Crippen LogP contribution in [0.4, 0.5) is 0 Å². The number of aliphatic carboxylic acids is 1. The molecule has 8 amide bonds. The zero-order chi connectivity index (χ0) is 52.9. The molecule has 71 heavy (non-hydrogen) atoms. The van der Waals surface area contributed by atoms with Crippen LogP contribution in [0.2, 0.25) is 0 Å². The first-order chi connectivity index (χ1) is 33.8. The van der Waals surface area contributed by atoms with Crippen molar-refractivity contribution in [2.75, 3.05) is 39.3 Å². The molecule has 2 heterocycles. The van der Waals surface area contributed by atoms with Gasteiger partial charge >= 0.3 is 5.97 Å². The van der Waals surface area contributed by atoms with E-state index in [0.29, 0.717) is 50.9 Å². The van der Waals surface area contributed by atoms with Gasteiger partial charge in [0.15, 0.2) is 11.9 Å². The SMILES string of the molecule is NCCCCC(N)C(=O)NC(CCCN=C(N)N)C(=O)NC(CCC(N)=O)C(=O)NC(Cc1cnc[nH]1)C(=O)N1CCCC1C(=O)NCC(=O)NC(CCCCN)C(=O)NC(CCCN=C(N)N)C(=O)O. The Labute approximate surface area is 411 Å². The third-order valence-electron chi connectivity index (χ3n) is 11.2. The fraction of sp³-hybridized carbons (Fsp3) is 0.667. The van der Waals surface area contributed by atoms with Gasteiger partial charge in [0.25, 0.3) is 0 Å². The zero-order valence-electron chi connectivity index (χ0n) is 40.1. The van der Waals surface area contributed by atoms with Crippen LogP contribution in [-0.4, -0.2) is 167 Å². The molecular formula is C42H75N19O10. The third kappa shape index (κ3) is 23.3. The first-order valence-electron chi connectivity index (χ1n) is 23.6. The lowest BCUT2D eigenvalue weighted by molar-refractivity contribution is -0.142. The number of likely N-dealkylation sites (tertiary alicyclic amines) is 1. The van der Waals surface area contributed by atoms with Crippen molar-refractivity contribution in [3.63, 3.8) is 0 Å². The lowest BCUT2D eigenvalue weighted by Crippen LogP contribution is -2.59. The number of hydrogen-bond donors (Lipinski definition) is 16. The number of nitrogens with zero attached hydrogens (tertiary/aromatic N) is 4. The van der Waals surface area contributed by atoms with Crippen molar-refractivity contribution < 1.29 is 48.3 Å². The van der Waals surface area contributed by atoms with Crippen LogP contribution in [0.1, 0.15) is 95.6 Å². The van der Waals surface area contributed by atoms with Gasteiger partial charge < -0.3 is 92.8 Å². The molecule has 1 aromatic rings. The van der Waals surface area contributed by atoms with E-state index in [0.717, 1.165) is 0 Å². The van der Waals surface area contributed by atoms with Crippen molar-refractivity contribution in [3.05, 3.63) is 18.2 Å². The van der Waals surface area contributed by atoms with E-state index in [2.05, 4.69) is 51.9 Å². The Hall–Kier alpha value is -7.14. The third-order valence-corrected chi connectivity index (χ3v) is 11.2. The standard InChI is InChI=1S/C42H75N19O10/c43-15-3-1-8-25(45)34(64)57-27(10-5-17-52-41(47)48)36(66)58-28(13-14-32(46)62)37(67)60-30(20-24-21-51-23-55-24)39(69)61-19-7-12-31(61)38(68)54-22-33(63)56-26(9-2-4-16-44)35(65)59-29(40(70)71)11-6-18-53-42(49)50/h21,23,25-31H,1-20,22,43-45H2,(H2,46,62)(H,51,55)(H,54,68)(H,56,63)(H,57,64)(H,58,66)(H,59,65)(H,60,67)(H,70,71)(H4,47,48,52)(H4,49,50,53). The summed E-state index contributed by atoms with van der Waals surface area (Å²) in [7, 11) is 0. The van der Waals surface area contributed by atoms with E-state index < -0.39 is 102 Å². The number of carbonyl (C=O) groups excluding carboxylic acids is 8. The quantitative estimate of drug-likeness (QED) is 0.0171. The number of imidazole rings is 1. The van der Waals surface area contributed by atoms with Gasteiger partial charge in [-0.2, -0.15) is 0 Å². The van der Waals surface area contributed by atoms with Crippen LogP contribution < -0.4 is 77.8 Å². The number of carboxylic acids is 1. The molecule has 29 heteroatoms. The largest absolute Gasteiger partial charge is 0.480 e. The summed E-state index contributed by atoms with van der Waals surface area (Å²) < 4.78 is 0. The molecule has 0 radical (unpaired) electrons. The molecule has 7 atom stereocenters. The van der Waals surface area contributed by atoms with Crippen molar-refractivity contribution in [2.45, 2.75) is 139 Å². The molecule has 398 valence electrons. The Morgan fingerprint density at radius 3 is 1.76 bits per heavy atom. The number of primary amides is 1. The minimum atomic E-state index is -1.47. The predicted molar refractivity (Wildman–Crippen MR) is 259 cm³/mol. The number of carbonyl (C=O) groups is 9. The van der Waals surface area contributed by atoms with Gasteiger partial charge in [-0.15, -0.1) is 0 Å². The molecule has 24 N–H and O–H groups in total. The summed E-state index contributed by atoms with van der Waals surface area (Å²) in [6.07, 6.45) is 5.43. The molecule has 0 bridgehead atoms. The number of hydrogen-bond acceptors (Lipinski definition) is 15. The van der Waals surface area contributed by atoms with Crippen molar-refractivity contribution in [2.24, 2.45) is 55.9 Å². The van der Waals surface area contributed by atoms with Gasteiger partial charge in [0, 0.05) is 44.4 Å². The average molecular weight is 1010 g/mol. The van der Waals surface area contributed by atoms with Gasteiger partial charge in [0.2, 0.25) is 47.3 Å². The van der Waals surface area contributed by atoms with Crippen LogP contribution in [0.15, 0.2) is 22.5 Å². The molecule has 0 aromatic carbocycles. The van der Waals surface area contributed by atoms with E-state index in [1.165, 1.54) is 17.4 Å². The fourth-order valence-electron chi connectivity index (χ4n) is 7.44. The Balaban J connectivity index is 2.27. The number of aromatic amines is 1. The van der Waals surface area contributed by atoms with E-state index in [1.54, 1.807) is 0 Å². The lowest BCUT2D eigenvalue weighted by Gasteiger charge is -2.30.